The van der Waals surface area contributed by atoms with Gasteiger partial charge in [0.1, 0.15) is 6.54 Å². The van der Waals surface area contributed by atoms with Gasteiger partial charge in [0.15, 0.2) is 0 Å². The molecule has 0 aliphatic heterocycles. The summed E-state index contributed by atoms with van der Waals surface area (Å²) < 4.78 is 1.59. The zero-order valence-electron chi connectivity index (χ0n) is 9.15. The van der Waals surface area contributed by atoms with E-state index in [0.29, 0.717) is 12.1 Å². The zero-order valence-corrected chi connectivity index (χ0v) is 9.15. The van der Waals surface area contributed by atoms with E-state index < -0.39 is 18.5 Å². The van der Waals surface area contributed by atoms with Crippen LogP contribution in [0.5, 0.6) is 0 Å². The van der Waals surface area contributed by atoms with Crippen molar-refractivity contribution in [2.24, 2.45) is 7.05 Å². The van der Waals surface area contributed by atoms with Crippen molar-refractivity contribution in [3.8, 4) is 0 Å². The summed E-state index contributed by atoms with van der Waals surface area (Å²) in [6.45, 7) is 1.51. The third kappa shape index (κ3) is 3.26. The number of nitrogens with one attached hydrogen (secondary N) is 2. The fourth-order valence-electron chi connectivity index (χ4n) is 1.22. The number of urea groups is 1. The van der Waals surface area contributed by atoms with Crippen LogP contribution in [0.3, 0.4) is 0 Å². The average Bonchev–Trinajstić information content (AvgIpc) is 2.55. The van der Waals surface area contributed by atoms with E-state index in [1.54, 1.807) is 17.9 Å². The highest BCUT2D eigenvalue weighted by atomic mass is 16.4. The normalized spacial score (nSPS) is 9.88. The summed E-state index contributed by atoms with van der Waals surface area (Å²) in [4.78, 5) is 21.5. The van der Waals surface area contributed by atoms with Gasteiger partial charge in [0.2, 0.25) is 0 Å². The quantitative estimate of drug-likeness (QED) is 0.682. The third-order valence-corrected chi connectivity index (χ3v) is 1.89. The van der Waals surface area contributed by atoms with Crippen LogP contribution in [0.1, 0.15) is 12.6 Å². The number of carboxylic acids is 1. The Labute approximate surface area is 92.4 Å². The monoisotopic (exact) mass is 226 g/mol. The molecule has 0 aromatic carbocycles. The lowest BCUT2D eigenvalue weighted by atomic mass is 10.3. The highest BCUT2D eigenvalue weighted by molar-refractivity contribution is 5.91. The number of carbonyl (C=O) groups excluding carboxylic acids is 1. The summed E-state index contributed by atoms with van der Waals surface area (Å²) in [6.07, 6.45) is 2.36. The molecule has 0 bridgehead atoms. The molecule has 0 radical (unpaired) electrons. The minimum atomic E-state index is -1.09. The van der Waals surface area contributed by atoms with Gasteiger partial charge in [-0.25, -0.2) is 4.79 Å². The zero-order chi connectivity index (χ0) is 12.1. The molecule has 1 rings (SSSR count). The fourth-order valence-corrected chi connectivity index (χ4v) is 1.22. The molecule has 0 aliphatic carbocycles. The standard InChI is InChI=1S/C9H14N4O3/c1-3-6-7(5-13(2)12-6)11-9(16)10-4-8(14)15/h5H,3-4H2,1-2H3,(H,14,15)(H2,10,11,16). The van der Waals surface area contributed by atoms with E-state index in [1.807, 2.05) is 6.92 Å². The molecule has 88 valence electrons. The third-order valence-electron chi connectivity index (χ3n) is 1.89. The molecule has 1 heterocycles. The first kappa shape index (κ1) is 12.0. The van der Waals surface area contributed by atoms with E-state index in [9.17, 15) is 9.59 Å². The van der Waals surface area contributed by atoms with Gasteiger partial charge < -0.3 is 15.7 Å². The Hall–Kier alpha value is -2.05. The molecule has 0 aliphatic rings. The van der Waals surface area contributed by atoms with Crippen LogP contribution < -0.4 is 10.6 Å². The van der Waals surface area contributed by atoms with Gasteiger partial charge in [-0.3, -0.25) is 9.48 Å². The molecule has 16 heavy (non-hydrogen) atoms. The topological polar surface area (TPSA) is 96.3 Å². The van der Waals surface area contributed by atoms with Crippen molar-refractivity contribution < 1.29 is 14.7 Å². The molecule has 0 atom stereocenters. The number of amides is 2. The van der Waals surface area contributed by atoms with Gasteiger partial charge in [0.05, 0.1) is 11.4 Å². The Kier molecular flexibility index (Phi) is 3.87. The number of aryl methyl sites for hydroxylation is 2. The highest BCUT2D eigenvalue weighted by Crippen LogP contribution is 2.12. The van der Waals surface area contributed by atoms with Crippen LogP contribution in [-0.2, 0) is 18.3 Å². The van der Waals surface area contributed by atoms with Crippen molar-refractivity contribution in [2.75, 3.05) is 11.9 Å². The van der Waals surface area contributed by atoms with Crippen molar-refractivity contribution in [2.45, 2.75) is 13.3 Å². The van der Waals surface area contributed by atoms with Gasteiger partial charge in [-0.1, -0.05) is 6.92 Å². The Morgan fingerprint density at radius 1 is 1.56 bits per heavy atom. The predicted molar refractivity (Wildman–Crippen MR) is 57.2 cm³/mol. The molecule has 0 saturated heterocycles. The molecular formula is C9H14N4O3. The summed E-state index contributed by atoms with van der Waals surface area (Å²) in [5, 5.41) is 17.3. The van der Waals surface area contributed by atoms with Crippen molar-refractivity contribution in [1.82, 2.24) is 15.1 Å². The summed E-state index contributed by atoms with van der Waals surface area (Å²) in [6, 6.07) is -0.551. The van der Waals surface area contributed by atoms with Gasteiger partial charge in [-0.05, 0) is 6.42 Å². The second kappa shape index (κ2) is 5.15. The van der Waals surface area contributed by atoms with E-state index in [0.717, 1.165) is 5.69 Å². The maximum absolute atomic E-state index is 11.3. The molecule has 0 fully saturated rings. The highest BCUT2D eigenvalue weighted by Gasteiger charge is 2.09. The maximum atomic E-state index is 11.3. The van der Waals surface area contributed by atoms with Crippen LogP contribution in [0, 0.1) is 0 Å². The van der Waals surface area contributed by atoms with Gasteiger partial charge in [0, 0.05) is 13.2 Å². The fraction of sp³-hybridized carbons (Fsp3) is 0.444. The predicted octanol–water partition coefficient (Wildman–Crippen LogP) is 0.189. The first-order chi connectivity index (χ1) is 7.52. The van der Waals surface area contributed by atoms with E-state index >= 15 is 0 Å². The number of carboxylic acid groups (broad SMARTS) is 1. The molecular weight excluding hydrogens is 212 g/mol. The molecule has 7 nitrogen and oxygen atoms in total. The van der Waals surface area contributed by atoms with Crippen LogP contribution in [0.15, 0.2) is 6.20 Å². The Bertz CT molecular complexity index is 399. The van der Waals surface area contributed by atoms with E-state index in [-0.39, 0.29) is 0 Å². The average molecular weight is 226 g/mol. The first-order valence-corrected chi connectivity index (χ1v) is 4.82. The first-order valence-electron chi connectivity index (χ1n) is 4.82. The van der Waals surface area contributed by atoms with Crippen molar-refractivity contribution in [3.63, 3.8) is 0 Å². The van der Waals surface area contributed by atoms with Crippen LogP contribution in [-0.4, -0.2) is 33.4 Å². The molecule has 0 saturated carbocycles. The lowest BCUT2D eigenvalue weighted by Crippen LogP contribution is -2.33. The van der Waals surface area contributed by atoms with Crippen LogP contribution in [0.25, 0.3) is 0 Å². The number of aliphatic carboxylic acids is 1. The number of rotatable bonds is 4. The molecule has 3 N–H and O–H groups in total. The Morgan fingerprint density at radius 3 is 2.81 bits per heavy atom. The molecule has 0 spiro atoms. The largest absolute Gasteiger partial charge is 0.480 e. The van der Waals surface area contributed by atoms with E-state index in [4.69, 9.17) is 5.11 Å². The summed E-state index contributed by atoms with van der Waals surface area (Å²) in [5.41, 5.74) is 1.35. The number of aromatic nitrogens is 2. The SMILES string of the molecule is CCc1nn(C)cc1NC(=O)NCC(=O)O. The molecule has 0 unspecified atom stereocenters. The number of anilines is 1. The van der Waals surface area contributed by atoms with Crippen molar-refractivity contribution >= 4 is 17.7 Å². The minimum Gasteiger partial charge on any atom is -0.480 e. The Balaban J connectivity index is 2.58. The van der Waals surface area contributed by atoms with Crippen LogP contribution in [0.2, 0.25) is 0 Å². The second-order valence-corrected chi connectivity index (χ2v) is 3.22. The number of nitrogens with zero attached hydrogens (tertiary/aromatic N) is 2. The van der Waals surface area contributed by atoms with Crippen molar-refractivity contribution in [3.05, 3.63) is 11.9 Å². The number of carbonyl (C=O) groups is 2. The van der Waals surface area contributed by atoms with Gasteiger partial charge in [-0.2, -0.15) is 5.10 Å². The van der Waals surface area contributed by atoms with Gasteiger partial charge in [-0.15, -0.1) is 0 Å². The maximum Gasteiger partial charge on any atom is 0.323 e. The second-order valence-electron chi connectivity index (χ2n) is 3.22. The number of hydrogen-bond acceptors (Lipinski definition) is 3. The lowest BCUT2D eigenvalue weighted by Gasteiger charge is -2.04. The van der Waals surface area contributed by atoms with Crippen LogP contribution >= 0.6 is 0 Å². The Morgan fingerprint density at radius 2 is 2.25 bits per heavy atom. The molecule has 7 heteroatoms. The smallest absolute Gasteiger partial charge is 0.323 e. The molecule has 1 aromatic rings. The van der Waals surface area contributed by atoms with Gasteiger partial charge in [0.25, 0.3) is 0 Å². The summed E-state index contributed by atoms with van der Waals surface area (Å²) in [7, 11) is 1.75. The number of hydrogen-bond donors (Lipinski definition) is 3. The molecule has 1 aromatic heterocycles. The van der Waals surface area contributed by atoms with E-state index in [2.05, 4.69) is 15.7 Å². The lowest BCUT2D eigenvalue weighted by molar-refractivity contribution is -0.135. The van der Waals surface area contributed by atoms with E-state index in [1.165, 1.54) is 0 Å². The minimum absolute atomic E-state index is 0.409. The molecule has 2 amide bonds. The van der Waals surface area contributed by atoms with Crippen molar-refractivity contribution in [1.29, 1.82) is 0 Å². The summed E-state index contributed by atoms with van der Waals surface area (Å²) in [5.74, 6) is -1.09. The van der Waals surface area contributed by atoms with Gasteiger partial charge >= 0.3 is 12.0 Å². The van der Waals surface area contributed by atoms with Crippen LogP contribution in [0.4, 0.5) is 10.5 Å². The summed E-state index contributed by atoms with van der Waals surface area (Å²) >= 11 is 0.